The number of carbonyl (C=O) groups excluding carboxylic acids is 1. The third-order valence-corrected chi connectivity index (χ3v) is 3.09. The van der Waals surface area contributed by atoms with Crippen molar-refractivity contribution in [2.24, 2.45) is 0 Å². The summed E-state index contributed by atoms with van der Waals surface area (Å²) in [6, 6.07) is 4.55. The van der Waals surface area contributed by atoms with Gasteiger partial charge in [0.05, 0.1) is 11.3 Å². The number of nitrogens with zero attached hydrogens (tertiary/aromatic N) is 2. The Balaban J connectivity index is 2.29. The highest BCUT2D eigenvalue weighted by molar-refractivity contribution is 6.30. The van der Waals surface area contributed by atoms with Crippen LogP contribution < -0.4 is 10.6 Å². The first-order valence-electron chi connectivity index (χ1n) is 6.66. The van der Waals surface area contributed by atoms with Crippen molar-refractivity contribution >= 4 is 29.0 Å². The molecule has 126 valence electrons. The molecule has 1 aromatic carbocycles. The van der Waals surface area contributed by atoms with Crippen molar-refractivity contribution in [2.45, 2.75) is 6.18 Å². The van der Waals surface area contributed by atoms with Crippen LogP contribution in [0.15, 0.2) is 43.2 Å². The standard InChI is InChI=1S/C15H12ClF3N4O/c1-2-5-20-14(24)12-7-13(22-8-21-12)23-11-4-3-9(16)6-10(11)15(17,18)19/h2-4,6-8H,1,5H2,(H,20,24)(H,21,22,23). The molecular weight excluding hydrogens is 345 g/mol. The molecule has 9 heteroatoms. The molecule has 2 N–H and O–H groups in total. The molecule has 0 aliphatic rings. The SMILES string of the molecule is C=CCNC(=O)c1cc(Nc2ccc(Cl)cc2C(F)(F)F)ncn1. The number of rotatable bonds is 5. The summed E-state index contributed by atoms with van der Waals surface area (Å²) in [4.78, 5) is 19.4. The van der Waals surface area contributed by atoms with Crippen LogP contribution in [0.2, 0.25) is 5.02 Å². The fourth-order valence-electron chi connectivity index (χ4n) is 1.80. The summed E-state index contributed by atoms with van der Waals surface area (Å²) in [7, 11) is 0. The minimum Gasteiger partial charge on any atom is -0.347 e. The first kappa shape index (κ1) is 17.7. The number of amides is 1. The average molecular weight is 357 g/mol. The molecule has 0 spiro atoms. The van der Waals surface area contributed by atoms with E-state index in [1.54, 1.807) is 0 Å². The molecular formula is C15H12ClF3N4O. The normalized spacial score (nSPS) is 11.0. The number of halogens is 4. The summed E-state index contributed by atoms with van der Waals surface area (Å²) in [5, 5.41) is 5.00. The highest BCUT2D eigenvalue weighted by Gasteiger charge is 2.34. The van der Waals surface area contributed by atoms with E-state index in [-0.39, 0.29) is 28.8 Å². The molecule has 0 fully saturated rings. The first-order chi connectivity index (χ1) is 11.3. The molecule has 0 saturated carbocycles. The van der Waals surface area contributed by atoms with Gasteiger partial charge in [0.25, 0.3) is 5.91 Å². The predicted molar refractivity (Wildman–Crippen MR) is 84.3 cm³/mol. The molecule has 2 rings (SSSR count). The summed E-state index contributed by atoms with van der Waals surface area (Å²) in [5.74, 6) is -0.450. The Labute approximate surface area is 140 Å². The second-order valence-electron chi connectivity index (χ2n) is 4.60. The summed E-state index contributed by atoms with van der Waals surface area (Å²) < 4.78 is 39.2. The van der Waals surface area contributed by atoms with Crippen molar-refractivity contribution in [1.29, 1.82) is 0 Å². The van der Waals surface area contributed by atoms with Crippen LogP contribution in [-0.4, -0.2) is 22.4 Å². The van der Waals surface area contributed by atoms with Crippen molar-refractivity contribution in [2.75, 3.05) is 11.9 Å². The van der Waals surface area contributed by atoms with Crippen molar-refractivity contribution in [3.8, 4) is 0 Å². The molecule has 0 saturated heterocycles. The van der Waals surface area contributed by atoms with Gasteiger partial charge in [0.15, 0.2) is 0 Å². The molecule has 0 unspecified atom stereocenters. The van der Waals surface area contributed by atoms with Crippen molar-refractivity contribution < 1.29 is 18.0 Å². The predicted octanol–water partition coefficient (Wildman–Crippen LogP) is 3.81. The summed E-state index contributed by atoms with van der Waals surface area (Å²) in [6.07, 6.45) is -2.03. The molecule has 0 bridgehead atoms. The van der Waals surface area contributed by atoms with E-state index in [9.17, 15) is 18.0 Å². The van der Waals surface area contributed by atoms with Gasteiger partial charge in [0.2, 0.25) is 0 Å². The Hall–Kier alpha value is -2.61. The van der Waals surface area contributed by atoms with Crippen LogP contribution in [0.4, 0.5) is 24.7 Å². The van der Waals surface area contributed by atoms with Crippen LogP contribution in [0, 0.1) is 0 Å². The van der Waals surface area contributed by atoms with Gasteiger partial charge < -0.3 is 10.6 Å². The van der Waals surface area contributed by atoms with Gasteiger partial charge in [-0.25, -0.2) is 9.97 Å². The Morgan fingerprint density at radius 2 is 2.04 bits per heavy atom. The lowest BCUT2D eigenvalue weighted by atomic mass is 10.1. The maximum Gasteiger partial charge on any atom is 0.418 e. The van der Waals surface area contributed by atoms with E-state index in [2.05, 4.69) is 27.2 Å². The topological polar surface area (TPSA) is 66.9 Å². The van der Waals surface area contributed by atoms with E-state index in [1.165, 1.54) is 24.3 Å². The van der Waals surface area contributed by atoms with E-state index in [4.69, 9.17) is 11.6 Å². The Morgan fingerprint density at radius 3 is 2.71 bits per heavy atom. The Bertz CT molecular complexity index is 765. The van der Waals surface area contributed by atoms with Crippen molar-refractivity contribution in [3.63, 3.8) is 0 Å². The minimum absolute atomic E-state index is 0.0110. The number of hydrogen-bond donors (Lipinski definition) is 2. The first-order valence-corrected chi connectivity index (χ1v) is 7.04. The lowest BCUT2D eigenvalue weighted by Gasteiger charge is -2.14. The van der Waals surface area contributed by atoms with E-state index in [0.717, 1.165) is 12.4 Å². The van der Waals surface area contributed by atoms with Crippen LogP contribution in [0.5, 0.6) is 0 Å². The zero-order chi connectivity index (χ0) is 17.7. The number of benzene rings is 1. The number of aromatic nitrogens is 2. The van der Waals surface area contributed by atoms with Crippen molar-refractivity contribution in [3.05, 3.63) is 59.5 Å². The van der Waals surface area contributed by atoms with E-state index < -0.39 is 17.6 Å². The maximum absolute atomic E-state index is 13.1. The second-order valence-corrected chi connectivity index (χ2v) is 5.04. The molecule has 1 heterocycles. The van der Waals surface area contributed by atoms with Crippen LogP contribution in [-0.2, 0) is 6.18 Å². The Morgan fingerprint density at radius 1 is 1.29 bits per heavy atom. The largest absolute Gasteiger partial charge is 0.418 e. The number of anilines is 2. The molecule has 5 nitrogen and oxygen atoms in total. The van der Waals surface area contributed by atoms with E-state index in [0.29, 0.717) is 0 Å². The zero-order valence-electron chi connectivity index (χ0n) is 12.2. The van der Waals surface area contributed by atoms with E-state index >= 15 is 0 Å². The van der Waals surface area contributed by atoms with Gasteiger partial charge in [-0.05, 0) is 18.2 Å². The van der Waals surface area contributed by atoms with Crippen molar-refractivity contribution in [1.82, 2.24) is 15.3 Å². The monoisotopic (exact) mass is 356 g/mol. The molecule has 0 radical (unpaired) electrons. The minimum atomic E-state index is -4.59. The number of carbonyl (C=O) groups is 1. The number of alkyl halides is 3. The van der Waals surface area contributed by atoms with Gasteiger partial charge >= 0.3 is 6.18 Å². The van der Waals surface area contributed by atoms with Crippen LogP contribution in [0.3, 0.4) is 0 Å². The summed E-state index contributed by atoms with van der Waals surface area (Å²) in [5.41, 5.74) is -1.16. The molecule has 1 aromatic heterocycles. The van der Waals surface area contributed by atoms with Gasteiger partial charge in [-0.3, -0.25) is 4.79 Å². The third kappa shape index (κ3) is 4.45. The Kier molecular flexibility index (Phi) is 5.40. The second kappa shape index (κ2) is 7.31. The van der Waals surface area contributed by atoms with Gasteiger partial charge in [0.1, 0.15) is 17.8 Å². The molecule has 1 amide bonds. The fourth-order valence-corrected chi connectivity index (χ4v) is 1.98. The van der Waals surface area contributed by atoms with Crippen LogP contribution >= 0.6 is 11.6 Å². The smallest absolute Gasteiger partial charge is 0.347 e. The molecule has 0 aliphatic heterocycles. The summed E-state index contributed by atoms with van der Waals surface area (Å²) in [6.45, 7) is 3.70. The highest BCUT2D eigenvalue weighted by Crippen LogP contribution is 2.37. The highest BCUT2D eigenvalue weighted by atomic mass is 35.5. The number of hydrogen-bond acceptors (Lipinski definition) is 4. The molecule has 2 aromatic rings. The maximum atomic E-state index is 13.1. The van der Waals surface area contributed by atoms with Crippen LogP contribution in [0.1, 0.15) is 16.1 Å². The zero-order valence-corrected chi connectivity index (χ0v) is 12.9. The van der Waals surface area contributed by atoms with Gasteiger partial charge in [0, 0.05) is 17.6 Å². The molecule has 0 aliphatic carbocycles. The molecule has 0 atom stereocenters. The lowest BCUT2D eigenvalue weighted by Crippen LogP contribution is -2.24. The van der Waals surface area contributed by atoms with Gasteiger partial charge in [-0.1, -0.05) is 17.7 Å². The van der Waals surface area contributed by atoms with E-state index in [1.807, 2.05) is 0 Å². The average Bonchev–Trinajstić information content (AvgIpc) is 2.53. The van der Waals surface area contributed by atoms with Crippen LogP contribution in [0.25, 0.3) is 0 Å². The third-order valence-electron chi connectivity index (χ3n) is 2.86. The lowest BCUT2D eigenvalue weighted by molar-refractivity contribution is -0.136. The van der Waals surface area contributed by atoms with Gasteiger partial charge in [-0.2, -0.15) is 13.2 Å². The van der Waals surface area contributed by atoms with Gasteiger partial charge in [-0.15, -0.1) is 6.58 Å². The fraction of sp³-hybridized carbons (Fsp3) is 0.133. The quantitative estimate of drug-likeness (QED) is 0.799. The number of nitrogens with one attached hydrogen (secondary N) is 2. The summed E-state index contributed by atoms with van der Waals surface area (Å²) >= 11 is 5.63. The molecule has 24 heavy (non-hydrogen) atoms.